The zero-order valence-electron chi connectivity index (χ0n) is 27.9. The predicted molar refractivity (Wildman–Crippen MR) is 188 cm³/mol. The minimum Gasteiger partial charge on any atom is -0.505 e. The van der Waals surface area contributed by atoms with Gasteiger partial charge in [-0.15, -0.1) is 5.10 Å². The zero-order valence-corrected chi connectivity index (χ0v) is 29.6. The smallest absolute Gasteiger partial charge is 0.416 e. The predicted octanol–water partition coefficient (Wildman–Crippen LogP) is 5.34. The molecule has 1 aliphatic carbocycles. The number of benzene rings is 2. The molecular formula is C35H32ClF3N7O5P. The molecule has 0 atom stereocenters. The second-order valence-electron chi connectivity index (χ2n) is 13.4. The van der Waals surface area contributed by atoms with E-state index in [0.717, 1.165) is 22.7 Å². The molecule has 1 saturated heterocycles. The second-order valence-corrected chi connectivity index (χ2v) is 17.1. The van der Waals surface area contributed by atoms with Crippen LogP contribution in [0.25, 0.3) is 17.2 Å². The van der Waals surface area contributed by atoms with Crippen LogP contribution >= 0.6 is 18.7 Å². The molecule has 7 rings (SSSR count). The van der Waals surface area contributed by atoms with Gasteiger partial charge in [0.2, 0.25) is 11.7 Å². The number of amides is 2. The molecule has 2 amide bonds. The molecule has 0 radical (unpaired) electrons. The number of rotatable bonds is 6. The van der Waals surface area contributed by atoms with Gasteiger partial charge in [0.25, 0.3) is 11.5 Å². The van der Waals surface area contributed by atoms with Crippen LogP contribution in [0, 0.1) is 0 Å². The van der Waals surface area contributed by atoms with Crippen LogP contribution in [0.1, 0.15) is 46.6 Å². The van der Waals surface area contributed by atoms with Crippen LogP contribution in [0.4, 0.5) is 18.9 Å². The molecule has 1 fully saturated rings. The number of pyridine rings is 1. The Hall–Kier alpha value is -5.01. The Morgan fingerprint density at radius 3 is 2.40 bits per heavy atom. The number of hydrogen-bond donors (Lipinski definition) is 2. The molecule has 2 aromatic carbocycles. The van der Waals surface area contributed by atoms with Gasteiger partial charge in [-0.3, -0.25) is 14.4 Å². The number of carbonyl (C=O) groups is 2. The number of anilines is 1. The molecule has 2 aliphatic rings. The summed E-state index contributed by atoms with van der Waals surface area (Å²) in [6.07, 6.45) is -1.39. The van der Waals surface area contributed by atoms with Crippen LogP contribution in [-0.2, 0) is 33.9 Å². The molecule has 3 aromatic heterocycles. The highest BCUT2D eigenvalue weighted by molar-refractivity contribution is 7.70. The van der Waals surface area contributed by atoms with E-state index in [-0.39, 0.29) is 53.4 Å². The topological polar surface area (TPSA) is 152 Å². The van der Waals surface area contributed by atoms with Crippen molar-refractivity contribution in [1.29, 1.82) is 0 Å². The Morgan fingerprint density at radius 1 is 1.06 bits per heavy atom. The molecule has 0 saturated carbocycles. The monoisotopic (exact) mass is 753 g/mol. The van der Waals surface area contributed by atoms with Crippen molar-refractivity contribution < 1.29 is 32.4 Å². The third-order valence-corrected chi connectivity index (χ3v) is 11.7. The van der Waals surface area contributed by atoms with E-state index in [4.69, 9.17) is 11.6 Å². The van der Waals surface area contributed by atoms with Crippen LogP contribution in [0.5, 0.6) is 5.75 Å². The Morgan fingerprint density at radius 2 is 1.77 bits per heavy atom. The van der Waals surface area contributed by atoms with Crippen LogP contribution in [0.15, 0.2) is 65.6 Å². The van der Waals surface area contributed by atoms with Crippen LogP contribution in [0.2, 0.25) is 5.02 Å². The lowest BCUT2D eigenvalue weighted by Crippen LogP contribution is -2.46. The van der Waals surface area contributed by atoms with E-state index in [1.165, 1.54) is 18.3 Å². The number of fused-ring (bicyclic) bond motifs is 3. The standard InChI is InChI=1S/C35H32ClF3N7O5P/c1-52(2,51)22-8-5-20(6-9-22)30-42-33-45(19-27(48)41-24-10-7-21(18-23(24)36)35(37,38)39)25-11-12-34(28(25)31(49)46(33)43-30)13-16-44(17-14-34)32(50)29-26(47)4-3-15-40-29/h3-10,15,18,47H,11-14,16-17,19H2,1-2H3,(H,41,48). The molecule has 1 aliphatic heterocycles. The fraction of sp³-hybridized carbons (Fsp3) is 0.314. The Bertz CT molecular complexity index is 2360. The average Bonchev–Trinajstić information content (AvgIpc) is 3.70. The third kappa shape index (κ3) is 6.36. The number of alkyl halides is 3. The van der Waals surface area contributed by atoms with Gasteiger partial charge in [0, 0.05) is 46.8 Å². The minimum atomic E-state index is -4.62. The van der Waals surface area contributed by atoms with Crippen molar-refractivity contribution in [2.75, 3.05) is 31.7 Å². The highest BCUT2D eigenvalue weighted by atomic mass is 35.5. The van der Waals surface area contributed by atoms with Crippen LogP contribution < -0.4 is 16.2 Å². The average molecular weight is 754 g/mol. The maximum Gasteiger partial charge on any atom is 0.416 e. The van der Waals surface area contributed by atoms with Crippen molar-refractivity contribution in [1.82, 2.24) is 29.0 Å². The quantitative estimate of drug-likeness (QED) is 0.221. The second kappa shape index (κ2) is 12.9. The molecule has 12 nitrogen and oxygen atoms in total. The number of nitrogens with zero attached hydrogens (tertiary/aromatic N) is 6. The van der Waals surface area contributed by atoms with E-state index in [1.54, 1.807) is 47.1 Å². The summed E-state index contributed by atoms with van der Waals surface area (Å²) in [6, 6.07) is 12.4. The van der Waals surface area contributed by atoms with Crippen molar-refractivity contribution in [2.45, 2.75) is 43.8 Å². The number of halogens is 4. The van der Waals surface area contributed by atoms with E-state index in [2.05, 4.69) is 20.4 Å². The van der Waals surface area contributed by atoms with E-state index in [1.807, 2.05) is 0 Å². The summed E-state index contributed by atoms with van der Waals surface area (Å²) in [7, 11) is -2.54. The van der Waals surface area contributed by atoms with Crippen LogP contribution in [-0.4, -0.2) is 72.4 Å². The lowest BCUT2D eigenvalue weighted by Gasteiger charge is -2.39. The van der Waals surface area contributed by atoms with Crippen molar-refractivity contribution in [3.8, 4) is 17.1 Å². The van der Waals surface area contributed by atoms with E-state index >= 15 is 0 Å². The maximum atomic E-state index is 14.4. The molecule has 0 unspecified atom stereocenters. The maximum absolute atomic E-state index is 14.4. The number of hydrogen-bond acceptors (Lipinski definition) is 8. The zero-order chi connectivity index (χ0) is 37.2. The summed E-state index contributed by atoms with van der Waals surface area (Å²) in [5.74, 6) is -0.994. The SMILES string of the molecule is CP(C)(=O)c1ccc(-c2nc3n(CC(=O)Nc4ccc(C(F)(F)F)cc4Cl)c4c(c(=O)n3n2)C2(CC4)CCN(C(=O)c3ncccc3O)CC2)cc1. The number of piperidine rings is 1. The van der Waals surface area contributed by atoms with Gasteiger partial charge in [-0.1, -0.05) is 35.9 Å². The lowest BCUT2D eigenvalue weighted by molar-refractivity contribution is -0.137. The van der Waals surface area contributed by atoms with Gasteiger partial charge in [0.15, 0.2) is 11.5 Å². The molecule has 1 spiro atoms. The highest BCUT2D eigenvalue weighted by Crippen LogP contribution is 2.45. The normalized spacial score (nSPS) is 15.6. The van der Waals surface area contributed by atoms with Gasteiger partial charge in [0.05, 0.1) is 16.3 Å². The molecular weight excluding hydrogens is 722 g/mol. The minimum absolute atomic E-state index is 0.0211. The fourth-order valence-corrected chi connectivity index (χ4v) is 8.20. The number of aromatic hydroxyl groups is 1. The van der Waals surface area contributed by atoms with E-state index < -0.39 is 41.7 Å². The van der Waals surface area contributed by atoms with Crippen molar-refractivity contribution in [3.63, 3.8) is 0 Å². The van der Waals surface area contributed by atoms with Gasteiger partial charge < -0.3 is 24.5 Å². The molecule has 52 heavy (non-hydrogen) atoms. The summed E-state index contributed by atoms with van der Waals surface area (Å²) in [5.41, 5.74) is -0.533. The summed E-state index contributed by atoms with van der Waals surface area (Å²) >= 11 is 6.13. The first-order valence-electron chi connectivity index (χ1n) is 16.3. The molecule has 0 bridgehead atoms. The molecule has 2 N–H and O–H groups in total. The number of carbonyl (C=O) groups excluding carboxylic acids is 2. The van der Waals surface area contributed by atoms with Gasteiger partial charge in [-0.2, -0.15) is 22.7 Å². The third-order valence-electron chi connectivity index (χ3n) is 9.84. The molecule has 4 heterocycles. The summed E-state index contributed by atoms with van der Waals surface area (Å²) in [4.78, 5) is 51.5. The van der Waals surface area contributed by atoms with Crippen LogP contribution in [0.3, 0.4) is 0 Å². The van der Waals surface area contributed by atoms with E-state index in [9.17, 15) is 37.2 Å². The van der Waals surface area contributed by atoms with Crippen molar-refractivity contribution >= 4 is 47.3 Å². The van der Waals surface area contributed by atoms with Crippen molar-refractivity contribution in [3.05, 3.63) is 98.7 Å². The van der Waals surface area contributed by atoms with Gasteiger partial charge in [-0.05, 0) is 69.3 Å². The number of nitrogens with one attached hydrogen (secondary N) is 1. The molecule has 17 heteroatoms. The molecule has 270 valence electrons. The summed E-state index contributed by atoms with van der Waals surface area (Å²) in [6.45, 7) is 3.51. The Kier molecular flexibility index (Phi) is 8.77. The highest BCUT2D eigenvalue weighted by Gasteiger charge is 2.46. The number of aromatic nitrogens is 5. The largest absolute Gasteiger partial charge is 0.505 e. The first kappa shape index (κ1) is 35.4. The number of likely N-dealkylation sites (tertiary alicyclic amines) is 1. The first-order chi connectivity index (χ1) is 24.6. The van der Waals surface area contributed by atoms with Gasteiger partial charge in [-0.25, -0.2) is 4.98 Å². The summed E-state index contributed by atoms with van der Waals surface area (Å²) in [5, 5.41) is 17.7. The molecule has 5 aromatic rings. The fourth-order valence-electron chi connectivity index (χ4n) is 7.11. The summed E-state index contributed by atoms with van der Waals surface area (Å²) < 4.78 is 55.0. The first-order valence-corrected chi connectivity index (χ1v) is 19.3. The Balaban J connectivity index is 1.26. The Labute approximate surface area is 299 Å². The van der Waals surface area contributed by atoms with Gasteiger partial charge >= 0.3 is 6.18 Å². The van der Waals surface area contributed by atoms with Crippen molar-refractivity contribution in [2.24, 2.45) is 0 Å². The van der Waals surface area contributed by atoms with E-state index in [0.29, 0.717) is 47.8 Å². The lowest BCUT2D eigenvalue weighted by atomic mass is 9.74. The van der Waals surface area contributed by atoms with Gasteiger partial charge in [0.1, 0.15) is 19.4 Å².